The average Bonchev–Trinajstić information content (AvgIpc) is 2.29. The highest BCUT2D eigenvalue weighted by molar-refractivity contribution is 8.19. The van der Waals surface area contributed by atoms with Gasteiger partial charge in [0, 0.05) is 58.3 Å². The lowest BCUT2D eigenvalue weighted by Crippen LogP contribution is -2.17. The van der Waals surface area contributed by atoms with Crippen LogP contribution in [0, 0.1) is 0 Å². The van der Waals surface area contributed by atoms with Gasteiger partial charge in [-0.3, -0.25) is 0 Å². The van der Waals surface area contributed by atoms with Crippen LogP contribution in [-0.4, -0.2) is 42.1 Å². The maximum atomic E-state index is 11.9. The van der Waals surface area contributed by atoms with Crippen LogP contribution >= 0.6 is 66.0 Å². The zero-order valence-electron chi connectivity index (χ0n) is 11.5. The molecular formula is C6HCl5O10S6. The standard InChI is InChI=1S/C6HCl5O10S6/c7-23(12,13)2-1(22)3(24(8,14)15)5(26(10,18)19)6(27(11,20)21)4(2)25(9,16)17/h22H. The van der Waals surface area contributed by atoms with E-state index in [4.69, 9.17) is 53.4 Å². The summed E-state index contributed by atoms with van der Waals surface area (Å²) in [6.07, 6.45) is 0. The lowest BCUT2D eigenvalue weighted by Gasteiger charge is -2.17. The van der Waals surface area contributed by atoms with Gasteiger partial charge in [-0.2, -0.15) is 0 Å². The van der Waals surface area contributed by atoms with Crippen molar-refractivity contribution in [1.82, 2.24) is 0 Å². The van der Waals surface area contributed by atoms with E-state index in [2.05, 4.69) is 12.6 Å². The van der Waals surface area contributed by atoms with E-state index in [0.717, 1.165) is 0 Å². The average molecular weight is 603 g/mol. The number of hydrogen-bond donors (Lipinski definition) is 1. The summed E-state index contributed by atoms with van der Waals surface area (Å²) >= 11 is 3.43. The molecule has 0 fully saturated rings. The second kappa shape index (κ2) is 7.47. The Hall–Kier alpha value is 0.770. The summed E-state index contributed by atoms with van der Waals surface area (Å²) in [6, 6.07) is 0. The van der Waals surface area contributed by atoms with Crippen molar-refractivity contribution in [2.45, 2.75) is 29.4 Å². The van der Waals surface area contributed by atoms with Crippen molar-refractivity contribution in [3.63, 3.8) is 0 Å². The zero-order chi connectivity index (χ0) is 22.0. The van der Waals surface area contributed by atoms with Gasteiger partial charge in [0.2, 0.25) is 0 Å². The molecule has 0 N–H and O–H groups in total. The van der Waals surface area contributed by atoms with Crippen LogP contribution < -0.4 is 0 Å². The van der Waals surface area contributed by atoms with Gasteiger partial charge in [0.25, 0.3) is 45.3 Å². The molecule has 0 aliphatic carbocycles. The molecule has 1 aromatic rings. The van der Waals surface area contributed by atoms with Crippen molar-refractivity contribution in [1.29, 1.82) is 0 Å². The quantitative estimate of drug-likeness (QED) is 0.386. The SMILES string of the molecule is O=S(=O)(Cl)c1c(S)c(S(=O)(=O)Cl)c(S(=O)(=O)Cl)c(S(=O)(=O)Cl)c1S(=O)(=O)Cl. The Morgan fingerprint density at radius 3 is 0.704 bits per heavy atom. The Labute approximate surface area is 181 Å². The molecule has 0 radical (unpaired) electrons. The minimum atomic E-state index is -5.55. The molecule has 1 rings (SSSR count). The Balaban J connectivity index is 5.01. The zero-order valence-corrected chi connectivity index (χ0v) is 20.2. The molecule has 0 saturated heterocycles. The van der Waals surface area contributed by atoms with E-state index in [1.807, 2.05) is 0 Å². The molecule has 21 heteroatoms. The van der Waals surface area contributed by atoms with Crippen molar-refractivity contribution in [3.8, 4) is 0 Å². The van der Waals surface area contributed by atoms with E-state index in [1.165, 1.54) is 0 Å². The molecular weight excluding hydrogens is 602 g/mol. The molecule has 1 aromatic carbocycles. The Bertz CT molecular complexity index is 1280. The smallest absolute Gasteiger partial charge is 0.207 e. The van der Waals surface area contributed by atoms with Crippen LogP contribution in [0.15, 0.2) is 29.4 Å². The molecule has 0 bridgehead atoms. The van der Waals surface area contributed by atoms with Crippen LogP contribution in [0.1, 0.15) is 0 Å². The molecule has 0 aliphatic heterocycles. The fourth-order valence-electron chi connectivity index (χ4n) is 1.74. The third-order valence-corrected chi connectivity index (χ3v) is 10.5. The van der Waals surface area contributed by atoms with Crippen molar-refractivity contribution in [2.75, 3.05) is 0 Å². The number of halogens is 5. The van der Waals surface area contributed by atoms with Crippen LogP contribution in [0.25, 0.3) is 0 Å². The van der Waals surface area contributed by atoms with Gasteiger partial charge in [-0.05, 0) is 0 Å². The third-order valence-electron chi connectivity index (χ3n) is 2.47. The first-order valence-electron chi connectivity index (χ1n) is 5.18. The van der Waals surface area contributed by atoms with E-state index in [-0.39, 0.29) is 0 Å². The van der Waals surface area contributed by atoms with Gasteiger partial charge in [0.1, 0.15) is 24.5 Å². The first-order chi connectivity index (χ1) is 11.5. The Morgan fingerprint density at radius 2 is 0.556 bits per heavy atom. The van der Waals surface area contributed by atoms with E-state index >= 15 is 0 Å². The summed E-state index contributed by atoms with van der Waals surface area (Å²) in [5.41, 5.74) is 0. The van der Waals surface area contributed by atoms with Crippen LogP contribution in [0.5, 0.6) is 0 Å². The molecule has 0 unspecified atom stereocenters. The monoisotopic (exact) mass is 600 g/mol. The topological polar surface area (TPSA) is 171 Å². The van der Waals surface area contributed by atoms with E-state index < -0.39 is 74.6 Å². The first kappa shape index (κ1) is 25.8. The van der Waals surface area contributed by atoms with Crippen LogP contribution in [-0.2, 0) is 45.3 Å². The first-order valence-corrected chi connectivity index (χ1v) is 17.2. The highest BCUT2D eigenvalue weighted by Gasteiger charge is 2.45. The summed E-state index contributed by atoms with van der Waals surface area (Å²) in [6.45, 7) is 0. The Kier molecular flexibility index (Phi) is 7.14. The van der Waals surface area contributed by atoms with Gasteiger partial charge in [0.05, 0.1) is 0 Å². The van der Waals surface area contributed by atoms with Crippen LogP contribution in [0.4, 0.5) is 0 Å². The fourth-order valence-corrected chi connectivity index (χ4v) is 12.7. The molecule has 10 nitrogen and oxygen atoms in total. The molecule has 0 heterocycles. The van der Waals surface area contributed by atoms with Crippen molar-refractivity contribution in [3.05, 3.63) is 0 Å². The molecule has 0 aliphatic rings. The maximum Gasteiger partial charge on any atom is 0.264 e. The predicted molar refractivity (Wildman–Crippen MR) is 98.9 cm³/mol. The van der Waals surface area contributed by atoms with Crippen molar-refractivity contribution >= 4 is 111 Å². The van der Waals surface area contributed by atoms with E-state index in [9.17, 15) is 42.1 Å². The normalized spacial score (nSPS) is 14.3. The number of thiol groups is 1. The third kappa shape index (κ3) is 5.48. The molecule has 0 spiro atoms. The minimum Gasteiger partial charge on any atom is -0.207 e. The van der Waals surface area contributed by atoms with E-state index in [0.29, 0.717) is 0 Å². The molecule has 0 amide bonds. The predicted octanol–water partition coefficient (Wildman–Crippen LogP) is 1.61. The number of hydrogen-bond acceptors (Lipinski definition) is 11. The maximum absolute atomic E-state index is 11.9. The largest absolute Gasteiger partial charge is 0.264 e. The highest BCUT2D eigenvalue weighted by Crippen LogP contribution is 2.47. The summed E-state index contributed by atoms with van der Waals surface area (Å²) in [5, 5.41) is 0. The summed E-state index contributed by atoms with van der Waals surface area (Å²) in [7, 11) is -2.04. The molecule has 0 atom stereocenters. The molecule has 156 valence electrons. The number of rotatable bonds is 5. The second-order valence-corrected chi connectivity index (χ2v) is 17.1. The molecule has 27 heavy (non-hydrogen) atoms. The van der Waals surface area contributed by atoms with Crippen molar-refractivity contribution in [2.24, 2.45) is 0 Å². The minimum absolute atomic E-state index is 1.48. The molecule has 0 saturated carbocycles. The van der Waals surface area contributed by atoms with Crippen LogP contribution in [0.2, 0.25) is 0 Å². The fraction of sp³-hybridized carbons (Fsp3) is 0. The van der Waals surface area contributed by atoms with Crippen LogP contribution in [0.3, 0.4) is 0 Å². The summed E-state index contributed by atoms with van der Waals surface area (Å²) in [5.74, 6) is 0. The lowest BCUT2D eigenvalue weighted by atomic mass is 10.3. The summed E-state index contributed by atoms with van der Waals surface area (Å²) in [4.78, 5) is -11.1. The van der Waals surface area contributed by atoms with Gasteiger partial charge in [-0.1, -0.05) is 0 Å². The van der Waals surface area contributed by atoms with E-state index in [1.54, 1.807) is 0 Å². The summed E-state index contributed by atoms with van der Waals surface area (Å²) < 4.78 is 118. The van der Waals surface area contributed by atoms with Gasteiger partial charge in [0.15, 0.2) is 0 Å². The van der Waals surface area contributed by atoms with Gasteiger partial charge >= 0.3 is 0 Å². The number of benzene rings is 1. The Morgan fingerprint density at radius 1 is 0.407 bits per heavy atom. The molecule has 0 aromatic heterocycles. The second-order valence-electron chi connectivity index (χ2n) is 4.18. The highest BCUT2D eigenvalue weighted by atomic mass is 35.7. The van der Waals surface area contributed by atoms with Gasteiger partial charge in [-0.25, -0.2) is 42.1 Å². The van der Waals surface area contributed by atoms with Gasteiger partial charge in [-0.15, -0.1) is 12.6 Å². The van der Waals surface area contributed by atoms with Gasteiger partial charge < -0.3 is 0 Å². The lowest BCUT2D eigenvalue weighted by molar-refractivity contribution is 0.565. The van der Waals surface area contributed by atoms with Crippen molar-refractivity contribution < 1.29 is 42.1 Å².